The van der Waals surface area contributed by atoms with Gasteiger partial charge in [0, 0.05) is 12.2 Å². The molecule has 0 spiro atoms. The highest BCUT2D eigenvalue weighted by Gasteiger charge is 2.19. The summed E-state index contributed by atoms with van der Waals surface area (Å²) in [6, 6.07) is 6.67. The van der Waals surface area contributed by atoms with Crippen LogP contribution in [-0.2, 0) is 4.74 Å². The molecule has 2 atom stereocenters. The molecule has 0 heterocycles. The molecule has 4 N–H and O–H groups in total. The van der Waals surface area contributed by atoms with Gasteiger partial charge in [-0.15, -0.1) is 0 Å². The monoisotopic (exact) mass is 296 g/mol. The van der Waals surface area contributed by atoms with Gasteiger partial charge >= 0.3 is 6.09 Å². The van der Waals surface area contributed by atoms with Crippen LogP contribution in [0.3, 0.4) is 0 Å². The number of aliphatic hydroxyl groups excluding tert-OH is 2. The third-order valence-corrected chi connectivity index (χ3v) is 2.65. The fourth-order valence-electron chi connectivity index (χ4n) is 1.76. The zero-order valence-corrected chi connectivity index (χ0v) is 12.9. The summed E-state index contributed by atoms with van der Waals surface area (Å²) in [4.78, 5) is 11.7. The molecular formula is C15H24N2O4. The maximum atomic E-state index is 11.7. The van der Waals surface area contributed by atoms with E-state index in [1.54, 1.807) is 52.1 Å². The lowest BCUT2D eigenvalue weighted by molar-refractivity contribution is 0.0202. The number of likely N-dealkylation sites (N-methyl/N-ethyl adjacent to an activating group) is 1. The maximum Gasteiger partial charge on any atom is 0.412 e. The summed E-state index contributed by atoms with van der Waals surface area (Å²) in [6.45, 7) is 5.60. The van der Waals surface area contributed by atoms with Gasteiger partial charge in [-0.05, 0) is 45.5 Å². The standard InChI is InChI=1S/C15H24N2O4/c1-15(2,3)21-14(20)17-11-7-5-6-10(8-11)13(19)12(18)9-16-4/h5-8,12-13,16,18-19H,9H2,1-4H3,(H,17,20). The molecule has 21 heavy (non-hydrogen) atoms. The van der Waals surface area contributed by atoms with Crippen molar-refractivity contribution >= 4 is 11.8 Å². The Morgan fingerprint density at radius 2 is 2.00 bits per heavy atom. The van der Waals surface area contributed by atoms with E-state index in [1.807, 2.05) is 0 Å². The van der Waals surface area contributed by atoms with Crippen molar-refractivity contribution in [1.29, 1.82) is 0 Å². The summed E-state index contributed by atoms with van der Waals surface area (Å²) in [6.07, 6.45) is -2.52. The first-order chi connectivity index (χ1) is 9.73. The van der Waals surface area contributed by atoms with Gasteiger partial charge in [0.1, 0.15) is 11.7 Å². The second-order valence-electron chi connectivity index (χ2n) is 5.82. The van der Waals surface area contributed by atoms with E-state index in [2.05, 4.69) is 10.6 Å². The molecular weight excluding hydrogens is 272 g/mol. The van der Waals surface area contributed by atoms with Crippen LogP contribution in [-0.4, -0.2) is 41.6 Å². The molecule has 0 aromatic heterocycles. The average Bonchev–Trinajstić information content (AvgIpc) is 2.36. The fraction of sp³-hybridized carbons (Fsp3) is 0.533. The van der Waals surface area contributed by atoms with E-state index in [9.17, 15) is 15.0 Å². The van der Waals surface area contributed by atoms with Gasteiger partial charge in [-0.25, -0.2) is 4.79 Å². The Morgan fingerprint density at radius 3 is 2.57 bits per heavy atom. The van der Waals surface area contributed by atoms with Crippen molar-refractivity contribution in [1.82, 2.24) is 5.32 Å². The summed E-state index contributed by atoms with van der Waals surface area (Å²) in [5.41, 5.74) is 0.438. The fourth-order valence-corrected chi connectivity index (χ4v) is 1.76. The van der Waals surface area contributed by atoms with Crippen molar-refractivity contribution in [2.45, 2.75) is 38.6 Å². The number of aliphatic hydroxyl groups is 2. The van der Waals surface area contributed by atoms with Crippen LogP contribution >= 0.6 is 0 Å². The van der Waals surface area contributed by atoms with Crippen molar-refractivity contribution in [2.24, 2.45) is 0 Å². The zero-order valence-electron chi connectivity index (χ0n) is 12.9. The van der Waals surface area contributed by atoms with Crippen LogP contribution in [0.25, 0.3) is 0 Å². The lowest BCUT2D eigenvalue weighted by Crippen LogP contribution is -2.29. The highest BCUT2D eigenvalue weighted by atomic mass is 16.6. The Hall–Kier alpha value is -1.63. The van der Waals surface area contributed by atoms with E-state index < -0.39 is 23.9 Å². The van der Waals surface area contributed by atoms with Gasteiger partial charge in [-0.3, -0.25) is 5.32 Å². The van der Waals surface area contributed by atoms with Crippen LogP contribution in [0.2, 0.25) is 0 Å². The second-order valence-corrected chi connectivity index (χ2v) is 5.82. The smallest absolute Gasteiger partial charge is 0.412 e. The first-order valence-corrected chi connectivity index (χ1v) is 6.83. The van der Waals surface area contributed by atoms with E-state index in [4.69, 9.17) is 4.74 Å². The highest BCUT2D eigenvalue weighted by Crippen LogP contribution is 2.21. The van der Waals surface area contributed by atoms with Crippen molar-refractivity contribution < 1.29 is 19.7 Å². The van der Waals surface area contributed by atoms with E-state index in [0.717, 1.165) is 0 Å². The number of hydrogen-bond donors (Lipinski definition) is 4. The maximum absolute atomic E-state index is 11.7. The molecule has 0 aliphatic carbocycles. The van der Waals surface area contributed by atoms with Crippen molar-refractivity contribution in [3.63, 3.8) is 0 Å². The van der Waals surface area contributed by atoms with Crippen molar-refractivity contribution in [3.8, 4) is 0 Å². The average molecular weight is 296 g/mol. The molecule has 0 radical (unpaired) electrons. The summed E-state index contributed by atoms with van der Waals surface area (Å²) in [5, 5.41) is 25.2. The minimum atomic E-state index is -1.03. The Kier molecular flexibility index (Phi) is 6.14. The van der Waals surface area contributed by atoms with Crippen LogP contribution < -0.4 is 10.6 Å². The van der Waals surface area contributed by atoms with Crippen molar-refractivity contribution in [3.05, 3.63) is 29.8 Å². The van der Waals surface area contributed by atoms with Crippen LogP contribution in [0.4, 0.5) is 10.5 Å². The number of ether oxygens (including phenoxy) is 1. The topological polar surface area (TPSA) is 90.8 Å². The first kappa shape index (κ1) is 17.4. The lowest BCUT2D eigenvalue weighted by Gasteiger charge is -2.21. The predicted molar refractivity (Wildman–Crippen MR) is 81.2 cm³/mol. The van der Waals surface area contributed by atoms with Gasteiger partial charge in [0.2, 0.25) is 0 Å². The predicted octanol–water partition coefficient (Wildman–Crippen LogP) is 1.65. The molecule has 6 heteroatoms. The van der Waals surface area contributed by atoms with Gasteiger partial charge in [-0.2, -0.15) is 0 Å². The molecule has 6 nitrogen and oxygen atoms in total. The summed E-state index contributed by atoms with van der Waals surface area (Å²) >= 11 is 0. The van der Waals surface area contributed by atoms with E-state index >= 15 is 0 Å². The van der Waals surface area contributed by atoms with Crippen LogP contribution in [0.5, 0.6) is 0 Å². The number of anilines is 1. The largest absolute Gasteiger partial charge is 0.444 e. The number of nitrogens with one attached hydrogen (secondary N) is 2. The second kappa shape index (κ2) is 7.40. The molecule has 1 aromatic carbocycles. The Morgan fingerprint density at radius 1 is 1.33 bits per heavy atom. The number of carbonyl (C=O) groups is 1. The van der Waals surface area contributed by atoms with Crippen LogP contribution in [0, 0.1) is 0 Å². The van der Waals surface area contributed by atoms with Gasteiger partial charge < -0.3 is 20.3 Å². The van der Waals surface area contributed by atoms with E-state index in [-0.39, 0.29) is 6.54 Å². The number of hydrogen-bond acceptors (Lipinski definition) is 5. The molecule has 0 bridgehead atoms. The number of amides is 1. The minimum Gasteiger partial charge on any atom is -0.444 e. The molecule has 0 aliphatic rings. The molecule has 2 unspecified atom stereocenters. The third kappa shape index (κ3) is 6.12. The van der Waals surface area contributed by atoms with Gasteiger partial charge in [0.25, 0.3) is 0 Å². The normalized spacial score (nSPS) is 14.4. The molecule has 0 saturated carbocycles. The first-order valence-electron chi connectivity index (χ1n) is 6.83. The molecule has 0 fully saturated rings. The molecule has 0 aliphatic heterocycles. The number of carbonyl (C=O) groups excluding carboxylic acids is 1. The Labute approximate surface area is 125 Å². The molecule has 1 aromatic rings. The van der Waals surface area contributed by atoms with E-state index in [0.29, 0.717) is 11.3 Å². The molecule has 1 rings (SSSR count). The van der Waals surface area contributed by atoms with Crippen molar-refractivity contribution in [2.75, 3.05) is 18.9 Å². The summed E-state index contributed by atoms with van der Waals surface area (Å²) in [5.74, 6) is 0. The van der Waals surface area contributed by atoms with Gasteiger partial charge in [0.05, 0.1) is 6.10 Å². The summed E-state index contributed by atoms with van der Waals surface area (Å²) in [7, 11) is 1.69. The highest BCUT2D eigenvalue weighted by molar-refractivity contribution is 5.84. The van der Waals surface area contributed by atoms with E-state index in [1.165, 1.54) is 0 Å². The summed E-state index contributed by atoms with van der Waals surface area (Å²) < 4.78 is 5.16. The van der Waals surface area contributed by atoms with Crippen LogP contribution in [0.15, 0.2) is 24.3 Å². The number of benzene rings is 1. The molecule has 118 valence electrons. The van der Waals surface area contributed by atoms with Gasteiger partial charge in [-0.1, -0.05) is 12.1 Å². The minimum absolute atomic E-state index is 0.269. The zero-order chi connectivity index (χ0) is 16.0. The quantitative estimate of drug-likeness (QED) is 0.663. The molecule has 0 saturated heterocycles. The molecule has 1 amide bonds. The number of rotatable bonds is 5. The lowest BCUT2D eigenvalue weighted by atomic mass is 10.0. The third-order valence-electron chi connectivity index (χ3n) is 2.65. The Bertz CT molecular complexity index is 471. The van der Waals surface area contributed by atoms with Crippen LogP contribution in [0.1, 0.15) is 32.4 Å². The van der Waals surface area contributed by atoms with Gasteiger partial charge in [0.15, 0.2) is 0 Å². The SMILES string of the molecule is CNCC(O)C(O)c1cccc(NC(=O)OC(C)(C)C)c1. The Balaban J connectivity index is 2.74.